The molecule has 0 saturated carbocycles. The molecule has 17 heavy (non-hydrogen) atoms. The number of carboxylic acid groups (broad SMARTS) is 1. The Morgan fingerprint density at radius 1 is 1.35 bits per heavy atom. The van der Waals surface area contributed by atoms with Crippen LogP contribution < -0.4 is 4.90 Å². The molecule has 5 heteroatoms. The van der Waals surface area contributed by atoms with Gasteiger partial charge in [-0.05, 0) is 30.5 Å². The minimum Gasteiger partial charge on any atom is -0.479 e. The molecule has 2 N–H and O–H groups in total. The fourth-order valence-electron chi connectivity index (χ4n) is 2.05. The second kappa shape index (κ2) is 4.71. The van der Waals surface area contributed by atoms with E-state index in [4.69, 9.17) is 5.11 Å². The van der Waals surface area contributed by atoms with E-state index < -0.39 is 17.9 Å². The molecule has 4 nitrogen and oxygen atoms in total. The summed E-state index contributed by atoms with van der Waals surface area (Å²) in [6.45, 7) is 1.63. The lowest BCUT2D eigenvalue weighted by Crippen LogP contribution is -2.19. The van der Waals surface area contributed by atoms with Gasteiger partial charge in [-0.25, -0.2) is 9.18 Å². The first kappa shape index (κ1) is 11.9. The van der Waals surface area contributed by atoms with Gasteiger partial charge in [0.25, 0.3) is 0 Å². The molecule has 0 aromatic heterocycles. The predicted molar refractivity (Wildman–Crippen MR) is 60.4 cm³/mol. The SMILES string of the molecule is O=C(O)C(O)c1ccc(N2CCCC2)c(F)c1. The number of benzene rings is 1. The molecule has 1 saturated heterocycles. The van der Waals surface area contributed by atoms with Crippen molar-refractivity contribution in [1.82, 2.24) is 0 Å². The van der Waals surface area contributed by atoms with E-state index in [1.165, 1.54) is 12.1 Å². The Hall–Kier alpha value is -1.62. The van der Waals surface area contributed by atoms with Gasteiger partial charge in [0.05, 0.1) is 5.69 Å². The Bertz CT molecular complexity index is 430. The topological polar surface area (TPSA) is 60.8 Å². The molecule has 92 valence electrons. The van der Waals surface area contributed by atoms with Crippen LogP contribution in [0.2, 0.25) is 0 Å². The normalized spacial score (nSPS) is 17.2. The van der Waals surface area contributed by atoms with Crippen molar-refractivity contribution in [3.63, 3.8) is 0 Å². The van der Waals surface area contributed by atoms with E-state index in [-0.39, 0.29) is 5.56 Å². The predicted octanol–water partition coefficient (Wildman–Crippen LogP) is 1.54. The first-order valence-electron chi connectivity index (χ1n) is 5.55. The summed E-state index contributed by atoms with van der Waals surface area (Å²) >= 11 is 0. The molecule has 1 aromatic rings. The van der Waals surface area contributed by atoms with Crippen LogP contribution in [0.3, 0.4) is 0 Å². The van der Waals surface area contributed by atoms with Gasteiger partial charge < -0.3 is 15.1 Å². The zero-order chi connectivity index (χ0) is 12.4. The Morgan fingerprint density at radius 3 is 2.53 bits per heavy atom. The van der Waals surface area contributed by atoms with Crippen molar-refractivity contribution < 1.29 is 19.4 Å². The summed E-state index contributed by atoms with van der Waals surface area (Å²) in [7, 11) is 0. The summed E-state index contributed by atoms with van der Waals surface area (Å²) in [4.78, 5) is 12.5. The number of carboxylic acids is 1. The number of hydrogen-bond donors (Lipinski definition) is 2. The number of halogens is 1. The lowest BCUT2D eigenvalue weighted by molar-refractivity contribution is -0.146. The van der Waals surface area contributed by atoms with Gasteiger partial charge >= 0.3 is 5.97 Å². The van der Waals surface area contributed by atoms with E-state index in [9.17, 15) is 14.3 Å². The number of nitrogens with zero attached hydrogens (tertiary/aromatic N) is 1. The van der Waals surface area contributed by atoms with Crippen LogP contribution in [-0.2, 0) is 4.79 Å². The second-order valence-corrected chi connectivity index (χ2v) is 4.15. The number of aliphatic hydroxyl groups is 1. The van der Waals surface area contributed by atoms with Crippen molar-refractivity contribution in [3.8, 4) is 0 Å². The minimum absolute atomic E-state index is 0.0675. The van der Waals surface area contributed by atoms with Crippen LogP contribution in [-0.4, -0.2) is 29.3 Å². The van der Waals surface area contributed by atoms with Crippen molar-refractivity contribution in [2.45, 2.75) is 18.9 Å². The number of aliphatic hydroxyl groups excluding tert-OH is 1. The highest BCUT2D eigenvalue weighted by atomic mass is 19.1. The monoisotopic (exact) mass is 239 g/mol. The van der Waals surface area contributed by atoms with Gasteiger partial charge in [-0.15, -0.1) is 0 Å². The molecule has 1 aromatic carbocycles. The van der Waals surface area contributed by atoms with Gasteiger partial charge in [0.2, 0.25) is 0 Å². The van der Waals surface area contributed by atoms with Gasteiger partial charge in [0.1, 0.15) is 5.82 Å². The van der Waals surface area contributed by atoms with E-state index >= 15 is 0 Å². The standard InChI is InChI=1S/C12H14FNO3/c13-9-7-8(11(15)12(16)17)3-4-10(9)14-5-1-2-6-14/h3-4,7,11,15H,1-2,5-6H2,(H,16,17). The number of rotatable bonds is 3. The Kier molecular flexibility index (Phi) is 3.28. The molecule has 1 atom stereocenters. The lowest BCUT2D eigenvalue weighted by Gasteiger charge is -2.19. The average Bonchev–Trinajstić information content (AvgIpc) is 2.81. The first-order valence-corrected chi connectivity index (χ1v) is 5.55. The largest absolute Gasteiger partial charge is 0.479 e. The molecule has 0 spiro atoms. The van der Waals surface area contributed by atoms with E-state index in [2.05, 4.69) is 0 Å². The van der Waals surface area contributed by atoms with Gasteiger partial charge in [-0.1, -0.05) is 6.07 Å². The highest BCUT2D eigenvalue weighted by molar-refractivity contribution is 5.74. The Morgan fingerprint density at radius 2 is 2.00 bits per heavy atom. The van der Waals surface area contributed by atoms with Crippen LogP contribution in [0.5, 0.6) is 0 Å². The number of carbonyl (C=O) groups is 1. The zero-order valence-corrected chi connectivity index (χ0v) is 9.27. The molecule has 0 radical (unpaired) electrons. The van der Waals surface area contributed by atoms with Crippen LogP contribution in [0.15, 0.2) is 18.2 Å². The summed E-state index contributed by atoms with van der Waals surface area (Å²) in [6, 6.07) is 4.07. The lowest BCUT2D eigenvalue weighted by atomic mass is 10.1. The molecule has 0 amide bonds. The molecule has 1 aliphatic heterocycles. The van der Waals surface area contributed by atoms with Crippen molar-refractivity contribution in [3.05, 3.63) is 29.6 Å². The van der Waals surface area contributed by atoms with Crippen LogP contribution >= 0.6 is 0 Å². The summed E-state index contributed by atoms with van der Waals surface area (Å²) in [6.07, 6.45) is 0.412. The van der Waals surface area contributed by atoms with E-state index in [1.54, 1.807) is 0 Å². The smallest absolute Gasteiger partial charge is 0.337 e. The third kappa shape index (κ3) is 2.39. The van der Waals surface area contributed by atoms with Gasteiger partial charge in [0.15, 0.2) is 6.10 Å². The third-order valence-corrected chi connectivity index (χ3v) is 2.97. The van der Waals surface area contributed by atoms with E-state index in [0.29, 0.717) is 5.69 Å². The molecule has 0 aliphatic carbocycles. The molecule has 2 rings (SSSR count). The molecule has 0 bridgehead atoms. The minimum atomic E-state index is -1.67. The molecule has 1 aliphatic rings. The fourth-order valence-corrected chi connectivity index (χ4v) is 2.05. The van der Waals surface area contributed by atoms with Crippen molar-refractivity contribution in [2.24, 2.45) is 0 Å². The van der Waals surface area contributed by atoms with Crippen molar-refractivity contribution >= 4 is 11.7 Å². The molecular formula is C12H14FNO3. The molecule has 1 unspecified atom stereocenters. The summed E-state index contributed by atoms with van der Waals surface area (Å²) in [5, 5.41) is 17.9. The van der Waals surface area contributed by atoms with Crippen LogP contribution in [0.25, 0.3) is 0 Å². The van der Waals surface area contributed by atoms with E-state index in [1.807, 2.05) is 4.90 Å². The fraction of sp³-hybridized carbons (Fsp3) is 0.417. The van der Waals surface area contributed by atoms with Gasteiger partial charge in [-0.2, -0.15) is 0 Å². The van der Waals surface area contributed by atoms with Crippen LogP contribution in [0, 0.1) is 5.82 Å². The summed E-state index contributed by atoms with van der Waals surface area (Å²) < 4.78 is 13.8. The average molecular weight is 239 g/mol. The van der Waals surface area contributed by atoms with Gasteiger partial charge in [0, 0.05) is 13.1 Å². The van der Waals surface area contributed by atoms with E-state index in [0.717, 1.165) is 32.0 Å². The molecule has 1 heterocycles. The van der Waals surface area contributed by atoms with Crippen molar-refractivity contribution in [1.29, 1.82) is 0 Å². The molecular weight excluding hydrogens is 225 g/mol. The van der Waals surface area contributed by atoms with Crippen LogP contribution in [0.4, 0.5) is 10.1 Å². The Labute approximate surface area is 98.3 Å². The highest BCUT2D eigenvalue weighted by Gasteiger charge is 2.20. The highest BCUT2D eigenvalue weighted by Crippen LogP contribution is 2.26. The van der Waals surface area contributed by atoms with Crippen LogP contribution in [0.1, 0.15) is 24.5 Å². The summed E-state index contributed by atoms with van der Waals surface area (Å²) in [5.74, 6) is -1.86. The quantitative estimate of drug-likeness (QED) is 0.840. The Balaban J connectivity index is 2.25. The van der Waals surface area contributed by atoms with Gasteiger partial charge in [-0.3, -0.25) is 0 Å². The van der Waals surface area contributed by atoms with Crippen molar-refractivity contribution in [2.75, 3.05) is 18.0 Å². The number of aliphatic carboxylic acids is 1. The third-order valence-electron chi connectivity index (χ3n) is 2.97. The first-order chi connectivity index (χ1) is 8.09. The second-order valence-electron chi connectivity index (χ2n) is 4.15. The number of hydrogen-bond acceptors (Lipinski definition) is 3. The number of anilines is 1. The summed E-state index contributed by atoms with van der Waals surface area (Å²) in [5.41, 5.74) is 0.543. The maximum absolute atomic E-state index is 13.8. The molecule has 1 fully saturated rings. The maximum atomic E-state index is 13.8. The maximum Gasteiger partial charge on any atom is 0.337 e. The zero-order valence-electron chi connectivity index (χ0n) is 9.27.